The van der Waals surface area contributed by atoms with Gasteiger partial charge in [-0.05, 0) is 5.56 Å². The summed E-state index contributed by atoms with van der Waals surface area (Å²) in [5, 5.41) is 2.65. The Morgan fingerprint density at radius 1 is 1.28 bits per heavy atom. The number of carbonyl (C=O) groups is 2. The molecule has 6 nitrogen and oxygen atoms in total. The molecule has 0 aliphatic rings. The van der Waals surface area contributed by atoms with Crippen molar-refractivity contribution in [2.75, 3.05) is 13.2 Å². The Kier molecular flexibility index (Phi) is 5.83. The van der Waals surface area contributed by atoms with Crippen LogP contribution in [-0.2, 0) is 20.9 Å². The minimum atomic E-state index is -0.885. The predicted octanol–water partition coefficient (Wildman–Crippen LogP) is -0.868. The third-order valence-corrected chi connectivity index (χ3v) is 2.24. The predicted molar refractivity (Wildman–Crippen MR) is 66.3 cm³/mol. The first-order chi connectivity index (χ1) is 8.63. The highest BCUT2D eigenvalue weighted by molar-refractivity contribution is 5.82. The van der Waals surface area contributed by atoms with Crippen molar-refractivity contribution < 1.29 is 14.3 Å². The van der Waals surface area contributed by atoms with Crippen molar-refractivity contribution in [2.45, 2.75) is 12.6 Å². The van der Waals surface area contributed by atoms with Crippen LogP contribution < -0.4 is 16.8 Å². The lowest BCUT2D eigenvalue weighted by Gasteiger charge is -2.12. The molecule has 6 heteroatoms. The zero-order valence-corrected chi connectivity index (χ0v) is 9.96. The Hall–Kier alpha value is -1.92. The van der Waals surface area contributed by atoms with E-state index in [-0.39, 0.29) is 19.1 Å². The Morgan fingerprint density at radius 2 is 1.94 bits per heavy atom. The molecule has 0 radical (unpaired) electrons. The molecule has 0 aliphatic heterocycles. The number of benzene rings is 1. The summed E-state index contributed by atoms with van der Waals surface area (Å²) in [5.41, 5.74) is 11.6. The van der Waals surface area contributed by atoms with Gasteiger partial charge in [0.05, 0.1) is 6.54 Å². The summed E-state index contributed by atoms with van der Waals surface area (Å²) in [4.78, 5) is 22.3. The molecule has 0 heterocycles. The second-order valence-electron chi connectivity index (χ2n) is 3.70. The molecule has 1 amide bonds. The van der Waals surface area contributed by atoms with Gasteiger partial charge in [-0.1, -0.05) is 30.3 Å². The number of amides is 1. The van der Waals surface area contributed by atoms with Gasteiger partial charge in [-0.3, -0.25) is 9.59 Å². The lowest BCUT2D eigenvalue weighted by molar-refractivity contribution is -0.143. The van der Waals surface area contributed by atoms with Crippen LogP contribution in [0.15, 0.2) is 30.3 Å². The zero-order chi connectivity index (χ0) is 13.4. The number of ether oxygens (including phenoxy) is 1. The molecule has 1 atom stereocenters. The summed E-state index contributed by atoms with van der Waals surface area (Å²) in [5.74, 6) is -0.954. The maximum Gasteiger partial charge on any atom is 0.319 e. The van der Waals surface area contributed by atoms with Crippen LogP contribution in [0.1, 0.15) is 5.56 Å². The van der Waals surface area contributed by atoms with Crippen molar-refractivity contribution in [3.63, 3.8) is 0 Å². The minimum absolute atomic E-state index is 0.170. The normalized spacial score (nSPS) is 11.7. The van der Waals surface area contributed by atoms with Gasteiger partial charge in [-0.15, -0.1) is 0 Å². The SMILES string of the molecule is NCC(=O)OC[C@H](N)C(=O)NCc1ccccc1. The number of hydrogen-bond donors (Lipinski definition) is 3. The Labute approximate surface area is 105 Å². The second kappa shape index (κ2) is 7.41. The molecule has 0 aliphatic carbocycles. The molecule has 1 aromatic carbocycles. The van der Waals surface area contributed by atoms with Gasteiger partial charge < -0.3 is 21.5 Å². The molecule has 0 aromatic heterocycles. The quantitative estimate of drug-likeness (QED) is 0.570. The maximum absolute atomic E-state index is 11.6. The average Bonchev–Trinajstić information content (AvgIpc) is 2.42. The third-order valence-electron chi connectivity index (χ3n) is 2.24. The Bertz CT molecular complexity index is 395. The molecule has 0 fully saturated rings. The van der Waals surface area contributed by atoms with Crippen LogP contribution in [0, 0.1) is 0 Å². The van der Waals surface area contributed by atoms with Gasteiger partial charge in [-0.2, -0.15) is 0 Å². The fourth-order valence-electron chi connectivity index (χ4n) is 1.23. The molecule has 1 aromatic rings. The van der Waals surface area contributed by atoms with E-state index in [9.17, 15) is 9.59 Å². The number of nitrogens with two attached hydrogens (primary N) is 2. The fourth-order valence-corrected chi connectivity index (χ4v) is 1.23. The Morgan fingerprint density at radius 3 is 2.56 bits per heavy atom. The summed E-state index contributed by atoms with van der Waals surface area (Å²) >= 11 is 0. The largest absolute Gasteiger partial charge is 0.463 e. The average molecular weight is 251 g/mol. The third kappa shape index (κ3) is 4.94. The summed E-state index contributed by atoms with van der Waals surface area (Å²) in [6, 6.07) is 8.54. The van der Waals surface area contributed by atoms with Crippen LogP contribution in [0.25, 0.3) is 0 Å². The van der Waals surface area contributed by atoms with Gasteiger partial charge in [0.2, 0.25) is 5.91 Å². The highest BCUT2D eigenvalue weighted by atomic mass is 16.5. The van der Waals surface area contributed by atoms with Crippen molar-refractivity contribution in [3.8, 4) is 0 Å². The van der Waals surface area contributed by atoms with E-state index in [2.05, 4.69) is 10.1 Å². The first kappa shape index (κ1) is 14.1. The molecule has 18 heavy (non-hydrogen) atoms. The smallest absolute Gasteiger partial charge is 0.319 e. The zero-order valence-electron chi connectivity index (χ0n) is 9.96. The van der Waals surface area contributed by atoms with Gasteiger partial charge in [0.25, 0.3) is 0 Å². The number of rotatable bonds is 6. The van der Waals surface area contributed by atoms with Crippen molar-refractivity contribution >= 4 is 11.9 Å². The van der Waals surface area contributed by atoms with Crippen LogP contribution >= 0.6 is 0 Å². The fraction of sp³-hybridized carbons (Fsp3) is 0.333. The molecule has 0 saturated carbocycles. The molecule has 0 bridgehead atoms. The molecule has 98 valence electrons. The minimum Gasteiger partial charge on any atom is -0.463 e. The first-order valence-electron chi connectivity index (χ1n) is 5.56. The van der Waals surface area contributed by atoms with Crippen molar-refractivity contribution in [2.24, 2.45) is 11.5 Å². The first-order valence-corrected chi connectivity index (χ1v) is 5.56. The number of esters is 1. The van der Waals surface area contributed by atoms with E-state index in [1.807, 2.05) is 30.3 Å². The van der Waals surface area contributed by atoms with Crippen LogP contribution in [0.2, 0.25) is 0 Å². The summed E-state index contributed by atoms with van der Waals surface area (Å²) < 4.78 is 4.68. The molecular weight excluding hydrogens is 234 g/mol. The monoisotopic (exact) mass is 251 g/mol. The molecule has 1 rings (SSSR count). The number of hydrogen-bond acceptors (Lipinski definition) is 5. The van der Waals surface area contributed by atoms with E-state index in [4.69, 9.17) is 11.5 Å². The summed E-state index contributed by atoms with van der Waals surface area (Å²) in [6.45, 7) is -0.00673. The lowest BCUT2D eigenvalue weighted by atomic mass is 10.2. The molecular formula is C12H17N3O3. The standard InChI is InChI=1S/C12H17N3O3/c13-6-11(16)18-8-10(14)12(17)15-7-9-4-2-1-3-5-9/h1-5,10H,6-8,13-14H2,(H,15,17)/t10-/m0/s1. The van der Waals surface area contributed by atoms with Gasteiger partial charge in [0.1, 0.15) is 12.6 Å². The molecule has 0 unspecified atom stereocenters. The second-order valence-corrected chi connectivity index (χ2v) is 3.70. The van der Waals surface area contributed by atoms with E-state index < -0.39 is 12.0 Å². The summed E-state index contributed by atoms with van der Waals surface area (Å²) in [6.07, 6.45) is 0. The summed E-state index contributed by atoms with van der Waals surface area (Å²) in [7, 11) is 0. The highest BCUT2D eigenvalue weighted by Crippen LogP contribution is 1.97. The van der Waals surface area contributed by atoms with Gasteiger partial charge in [-0.25, -0.2) is 0 Å². The van der Waals surface area contributed by atoms with Crippen LogP contribution in [0.4, 0.5) is 0 Å². The van der Waals surface area contributed by atoms with Crippen molar-refractivity contribution in [3.05, 3.63) is 35.9 Å². The van der Waals surface area contributed by atoms with Crippen LogP contribution in [0.5, 0.6) is 0 Å². The number of carbonyl (C=O) groups excluding carboxylic acids is 2. The maximum atomic E-state index is 11.6. The van der Waals surface area contributed by atoms with E-state index in [0.29, 0.717) is 6.54 Å². The van der Waals surface area contributed by atoms with E-state index in [0.717, 1.165) is 5.56 Å². The van der Waals surface area contributed by atoms with E-state index in [1.54, 1.807) is 0 Å². The van der Waals surface area contributed by atoms with Crippen molar-refractivity contribution in [1.82, 2.24) is 5.32 Å². The molecule has 0 spiro atoms. The van der Waals surface area contributed by atoms with Crippen molar-refractivity contribution in [1.29, 1.82) is 0 Å². The topological polar surface area (TPSA) is 107 Å². The van der Waals surface area contributed by atoms with E-state index in [1.165, 1.54) is 0 Å². The van der Waals surface area contributed by atoms with Gasteiger partial charge in [0, 0.05) is 6.54 Å². The van der Waals surface area contributed by atoms with Crippen LogP contribution in [0.3, 0.4) is 0 Å². The van der Waals surface area contributed by atoms with E-state index >= 15 is 0 Å². The molecule has 0 saturated heterocycles. The highest BCUT2D eigenvalue weighted by Gasteiger charge is 2.14. The Balaban J connectivity index is 2.30. The van der Waals surface area contributed by atoms with Gasteiger partial charge >= 0.3 is 5.97 Å². The van der Waals surface area contributed by atoms with Crippen LogP contribution in [-0.4, -0.2) is 31.1 Å². The lowest BCUT2D eigenvalue weighted by Crippen LogP contribution is -2.44. The number of nitrogens with one attached hydrogen (secondary N) is 1. The van der Waals surface area contributed by atoms with Gasteiger partial charge in [0.15, 0.2) is 0 Å². The molecule has 5 N–H and O–H groups in total.